The van der Waals surface area contributed by atoms with Gasteiger partial charge in [0.1, 0.15) is 17.5 Å². The van der Waals surface area contributed by atoms with E-state index in [0.717, 1.165) is 6.07 Å². The Labute approximate surface area is 78.5 Å². The highest BCUT2D eigenvalue weighted by Gasteiger charge is 2.39. The van der Waals surface area contributed by atoms with Crippen LogP contribution in [0.4, 0.5) is 13.2 Å². The number of hydrogen-bond donors (Lipinski definition) is 1. The molecular weight excluding hydrogens is 209 g/mol. The molecule has 1 atom stereocenters. The number of halogens is 4. The van der Waals surface area contributed by atoms with E-state index in [4.69, 9.17) is 5.73 Å². The van der Waals surface area contributed by atoms with Crippen molar-refractivity contribution < 1.29 is 17.7 Å². The Hall–Kier alpha value is -0.750. The molecule has 0 radical (unpaired) electrons. The molecule has 0 spiro atoms. The zero-order valence-corrected chi connectivity index (χ0v) is 7.45. The predicted molar refractivity (Wildman–Crippen MR) is 41.5 cm³/mol. The Morgan fingerprint density at radius 2 is 2.08 bits per heavy atom. The quantitative estimate of drug-likeness (QED) is 0.781. The van der Waals surface area contributed by atoms with E-state index in [-0.39, 0.29) is 18.1 Å². The van der Waals surface area contributed by atoms with Crippen LogP contribution < -0.4 is 5.73 Å². The van der Waals surface area contributed by atoms with Crippen molar-refractivity contribution in [2.75, 3.05) is 0 Å². The summed E-state index contributed by atoms with van der Waals surface area (Å²) in [7, 11) is 0. The molecule has 1 aromatic heterocycles. The summed E-state index contributed by atoms with van der Waals surface area (Å²) in [4.78, 5) is 0. The third-order valence-electron chi connectivity index (χ3n) is 1.32. The number of alkyl halides is 3. The number of nitrogens with zero attached hydrogens (tertiary/aromatic N) is 1. The first-order valence-corrected chi connectivity index (χ1v) is 3.17. The van der Waals surface area contributed by atoms with Crippen LogP contribution in [0.5, 0.6) is 0 Å². The Morgan fingerprint density at radius 3 is 2.38 bits per heavy atom. The minimum atomic E-state index is -4.47. The SMILES string of the molecule is Cc1cc(C(N)C(F)(F)F)no1.Cl. The minimum absolute atomic E-state index is 0. The first-order chi connectivity index (χ1) is 5.41. The van der Waals surface area contributed by atoms with E-state index in [1.54, 1.807) is 0 Å². The van der Waals surface area contributed by atoms with Crippen molar-refractivity contribution in [3.63, 3.8) is 0 Å². The van der Waals surface area contributed by atoms with Gasteiger partial charge in [0, 0.05) is 6.07 Å². The van der Waals surface area contributed by atoms with Crippen LogP contribution in [0.1, 0.15) is 17.5 Å². The largest absolute Gasteiger partial charge is 0.409 e. The van der Waals surface area contributed by atoms with Gasteiger partial charge in [0.05, 0.1) is 0 Å². The summed E-state index contributed by atoms with van der Waals surface area (Å²) in [5, 5.41) is 3.16. The Morgan fingerprint density at radius 1 is 1.54 bits per heavy atom. The van der Waals surface area contributed by atoms with Crippen LogP contribution in [-0.2, 0) is 0 Å². The van der Waals surface area contributed by atoms with Gasteiger partial charge in [0.2, 0.25) is 0 Å². The fourth-order valence-corrected chi connectivity index (χ4v) is 0.700. The van der Waals surface area contributed by atoms with Crippen molar-refractivity contribution in [1.29, 1.82) is 0 Å². The van der Waals surface area contributed by atoms with E-state index in [2.05, 4.69) is 9.68 Å². The molecule has 1 unspecified atom stereocenters. The molecule has 0 bridgehead atoms. The van der Waals surface area contributed by atoms with Gasteiger partial charge in [-0.05, 0) is 6.92 Å². The summed E-state index contributed by atoms with van der Waals surface area (Å²) in [5.74, 6) is 0.310. The normalized spacial score (nSPS) is 13.6. The summed E-state index contributed by atoms with van der Waals surface area (Å²) >= 11 is 0. The maximum absolute atomic E-state index is 11.9. The molecule has 0 aliphatic heterocycles. The first kappa shape index (κ1) is 12.2. The van der Waals surface area contributed by atoms with Crippen molar-refractivity contribution in [3.8, 4) is 0 Å². The fourth-order valence-electron chi connectivity index (χ4n) is 0.700. The lowest BCUT2D eigenvalue weighted by molar-refractivity contribution is -0.150. The van der Waals surface area contributed by atoms with Gasteiger partial charge in [0.25, 0.3) is 0 Å². The third-order valence-corrected chi connectivity index (χ3v) is 1.32. The van der Waals surface area contributed by atoms with Crippen molar-refractivity contribution in [3.05, 3.63) is 17.5 Å². The third kappa shape index (κ3) is 2.89. The summed E-state index contributed by atoms with van der Waals surface area (Å²) in [5.41, 5.74) is 4.55. The summed E-state index contributed by atoms with van der Waals surface area (Å²) < 4.78 is 40.3. The molecule has 0 aromatic carbocycles. The van der Waals surface area contributed by atoms with Crippen LogP contribution in [0.25, 0.3) is 0 Å². The van der Waals surface area contributed by atoms with Gasteiger partial charge in [0.15, 0.2) is 0 Å². The monoisotopic (exact) mass is 216 g/mol. The molecule has 2 N–H and O–H groups in total. The lowest BCUT2D eigenvalue weighted by Crippen LogP contribution is -2.28. The molecule has 0 aliphatic rings. The standard InChI is InChI=1S/C6H7F3N2O.ClH/c1-3-2-4(11-12-3)5(10)6(7,8)9;/h2,5H,10H2,1H3;1H. The van der Waals surface area contributed by atoms with Crippen LogP contribution in [0.3, 0.4) is 0 Å². The molecule has 0 saturated carbocycles. The molecular formula is C6H8ClF3N2O. The van der Waals surface area contributed by atoms with Crippen LogP contribution in [0, 0.1) is 6.92 Å². The summed E-state index contributed by atoms with van der Waals surface area (Å²) in [6.07, 6.45) is -4.47. The maximum atomic E-state index is 11.9. The van der Waals surface area contributed by atoms with Gasteiger partial charge < -0.3 is 10.3 Å². The fraction of sp³-hybridized carbons (Fsp3) is 0.500. The van der Waals surface area contributed by atoms with Crippen molar-refractivity contribution in [1.82, 2.24) is 5.16 Å². The second-order valence-electron chi connectivity index (χ2n) is 2.38. The van der Waals surface area contributed by atoms with E-state index in [0.29, 0.717) is 5.76 Å². The second kappa shape index (κ2) is 3.97. The van der Waals surface area contributed by atoms with E-state index in [1.165, 1.54) is 6.92 Å². The molecule has 0 saturated heterocycles. The molecule has 0 fully saturated rings. The lowest BCUT2D eigenvalue weighted by atomic mass is 10.2. The number of nitrogens with two attached hydrogens (primary N) is 1. The van der Waals surface area contributed by atoms with Crippen molar-refractivity contribution in [2.24, 2.45) is 5.73 Å². The van der Waals surface area contributed by atoms with E-state index < -0.39 is 12.2 Å². The summed E-state index contributed by atoms with van der Waals surface area (Å²) in [6, 6.07) is -0.895. The second-order valence-corrected chi connectivity index (χ2v) is 2.38. The molecule has 0 aliphatic carbocycles. The van der Waals surface area contributed by atoms with Crippen LogP contribution in [-0.4, -0.2) is 11.3 Å². The van der Waals surface area contributed by atoms with Gasteiger partial charge in [-0.1, -0.05) is 5.16 Å². The topological polar surface area (TPSA) is 52.0 Å². The van der Waals surface area contributed by atoms with Crippen molar-refractivity contribution in [2.45, 2.75) is 19.1 Å². The van der Waals surface area contributed by atoms with Gasteiger partial charge in [-0.2, -0.15) is 13.2 Å². The highest BCUT2D eigenvalue weighted by molar-refractivity contribution is 5.85. The zero-order chi connectivity index (χ0) is 9.35. The summed E-state index contributed by atoms with van der Waals surface area (Å²) in [6.45, 7) is 1.50. The maximum Gasteiger partial charge on any atom is 0.409 e. The van der Waals surface area contributed by atoms with Crippen LogP contribution >= 0.6 is 12.4 Å². The van der Waals surface area contributed by atoms with Gasteiger partial charge in [-0.3, -0.25) is 0 Å². The molecule has 3 nitrogen and oxygen atoms in total. The van der Waals surface area contributed by atoms with E-state index >= 15 is 0 Å². The van der Waals surface area contributed by atoms with Crippen LogP contribution in [0.2, 0.25) is 0 Å². The van der Waals surface area contributed by atoms with Crippen molar-refractivity contribution >= 4 is 12.4 Å². The first-order valence-electron chi connectivity index (χ1n) is 3.17. The number of hydrogen-bond acceptors (Lipinski definition) is 3. The van der Waals surface area contributed by atoms with E-state index in [9.17, 15) is 13.2 Å². The molecule has 1 heterocycles. The molecule has 76 valence electrons. The van der Waals surface area contributed by atoms with Crippen LogP contribution in [0.15, 0.2) is 10.6 Å². The molecule has 0 amide bonds. The highest BCUT2D eigenvalue weighted by atomic mass is 35.5. The molecule has 13 heavy (non-hydrogen) atoms. The van der Waals surface area contributed by atoms with E-state index in [1.807, 2.05) is 0 Å². The number of rotatable bonds is 1. The Bertz CT molecular complexity index is 273. The zero-order valence-electron chi connectivity index (χ0n) is 6.63. The lowest BCUT2D eigenvalue weighted by Gasteiger charge is -2.11. The van der Waals surface area contributed by atoms with Gasteiger partial charge in [-0.25, -0.2) is 0 Å². The van der Waals surface area contributed by atoms with Gasteiger partial charge in [-0.15, -0.1) is 12.4 Å². The minimum Gasteiger partial charge on any atom is -0.361 e. The Balaban J connectivity index is 0.00000144. The number of aryl methyl sites for hydroxylation is 1. The average Bonchev–Trinajstić information content (AvgIpc) is 2.32. The van der Waals surface area contributed by atoms with Gasteiger partial charge >= 0.3 is 6.18 Å². The molecule has 1 aromatic rings. The smallest absolute Gasteiger partial charge is 0.361 e. The average molecular weight is 217 g/mol. The Kier molecular flexibility index (Phi) is 3.74. The molecule has 7 heteroatoms. The number of aromatic nitrogens is 1. The highest BCUT2D eigenvalue weighted by Crippen LogP contribution is 2.29. The molecule has 1 rings (SSSR count). The predicted octanol–water partition coefficient (Wildman–Crippen LogP) is 1.97.